The number of para-hydroxylation sites is 1. The normalized spacial score (nSPS) is 21.8. The van der Waals surface area contributed by atoms with Crippen molar-refractivity contribution < 1.29 is 9.84 Å². The van der Waals surface area contributed by atoms with Gasteiger partial charge in [-0.05, 0) is 18.9 Å². The third kappa shape index (κ3) is 2.61. The zero-order valence-corrected chi connectivity index (χ0v) is 10.6. The number of hydrogen-bond donors (Lipinski definition) is 1. The van der Waals surface area contributed by atoms with Gasteiger partial charge in [0.2, 0.25) is 0 Å². The molecule has 0 aliphatic carbocycles. The van der Waals surface area contributed by atoms with Crippen molar-refractivity contribution in [1.29, 1.82) is 0 Å². The second-order valence-electron chi connectivity index (χ2n) is 4.58. The summed E-state index contributed by atoms with van der Waals surface area (Å²) in [4.78, 5) is 2.31. The van der Waals surface area contributed by atoms with Crippen molar-refractivity contribution in [3.8, 4) is 0 Å². The number of benzene rings is 1. The topological polar surface area (TPSA) is 32.7 Å². The summed E-state index contributed by atoms with van der Waals surface area (Å²) in [7, 11) is 1.76. The number of hydrogen-bond acceptors (Lipinski definition) is 3. The highest BCUT2D eigenvalue weighted by Gasteiger charge is 2.24. The standard InChI is InChI=1S/C14H21NO2/c1-3-14(16)12-6-4-5-7-13(12)15-9-8-11(10-15)17-2/h4-7,11,14,16H,3,8-10H2,1-2H3/t11?,14-/m1/s1. The van der Waals surface area contributed by atoms with Crippen molar-refractivity contribution >= 4 is 5.69 Å². The van der Waals surface area contributed by atoms with Crippen LogP contribution < -0.4 is 4.90 Å². The van der Waals surface area contributed by atoms with Gasteiger partial charge < -0.3 is 14.7 Å². The van der Waals surface area contributed by atoms with Gasteiger partial charge in [-0.1, -0.05) is 25.1 Å². The largest absolute Gasteiger partial charge is 0.388 e. The molecule has 0 saturated carbocycles. The van der Waals surface area contributed by atoms with Crippen LogP contribution >= 0.6 is 0 Å². The monoisotopic (exact) mass is 235 g/mol. The van der Waals surface area contributed by atoms with Crippen LogP contribution in [0.5, 0.6) is 0 Å². The van der Waals surface area contributed by atoms with E-state index < -0.39 is 0 Å². The molecular weight excluding hydrogens is 214 g/mol. The quantitative estimate of drug-likeness (QED) is 0.869. The van der Waals surface area contributed by atoms with Crippen molar-refractivity contribution in [2.45, 2.75) is 32.0 Å². The summed E-state index contributed by atoms with van der Waals surface area (Å²) < 4.78 is 5.39. The maximum absolute atomic E-state index is 10.0. The summed E-state index contributed by atoms with van der Waals surface area (Å²) in [6.45, 7) is 3.93. The van der Waals surface area contributed by atoms with Crippen molar-refractivity contribution in [2.24, 2.45) is 0 Å². The molecule has 0 aromatic heterocycles. The molecule has 0 bridgehead atoms. The molecule has 0 amide bonds. The average molecular weight is 235 g/mol. The first-order valence-corrected chi connectivity index (χ1v) is 6.31. The van der Waals surface area contributed by atoms with Crippen LogP contribution in [0.4, 0.5) is 5.69 Å². The van der Waals surface area contributed by atoms with Crippen LogP contribution in [0.25, 0.3) is 0 Å². The second kappa shape index (κ2) is 5.52. The van der Waals surface area contributed by atoms with E-state index in [1.165, 1.54) is 0 Å². The van der Waals surface area contributed by atoms with Crippen molar-refractivity contribution in [3.63, 3.8) is 0 Å². The summed E-state index contributed by atoms with van der Waals surface area (Å²) in [6, 6.07) is 8.12. The minimum atomic E-state index is -0.368. The summed E-state index contributed by atoms with van der Waals surface area (Å²) in [5, 5.41) is 10.0. The van der Waals surface area contributed by atoms with Crippen molar-refractivity contribution in [1.82, 2.24) is 0 Å². The van der Waals surface area contributed by atoms with Gasteiger partial charge in [0.1, 0.15) is 0 Å². The zero-order valence-electron chi connectivity index (χ0n) is 10.6. The molecule has 1 aliphatic heterocycles. The minimum absolute atomic E-state index is 0.321. The Morgan fingerprint density at radius 2 is 2.24 bits per heavy atom. The fourth-order valence-electron chi connectivity index (χ4n) is 2.42. The van der Waals surface area contributed by atoms with E-state index in [0.717, 1.165) is 37.2 Å². The van der Waals surface area contributed by atoms with Crippen molar-refractivity contribution in [3.05, 3.63) is 29.8 Å². The Labute approximate surface area is 103 Å². The third-order valence-corrected chi connectivity index (χ3v) is 3.50. The van der Waals surface area contributed by atoms with Crippen molar-refractivity contribution in [2.75, 3.05) is 25.1 Å². The van der Waals surface area contributed by atoms with E-state index in [9.17, 15) is 5.11 Å². The lowest BCUT2D eigenvalue weighted by Gasteiger charge is -2.23. The number of rotatable bonds is 4. The van der Waals surface area contributed by atoms with E-state index in [-0.39, 0.29) is 6.10 Å². The molecule has 17 heavy (non-hydrogen) atoms. The van der Waals surface area contributed by atoms with E-state index in [1.54, 1.807) is 7.11 Å². The Morgan fingerprint density at radius 1 is 1.47 bits per heavy atom. The molecule has 0 spiro atoms. The summed E-state index contributed by atoms with van der Waals surface area (Å²) in [6.07, 6.45) is 1.76. The van der Waals surface area contributed by atoms with Gasteiger partial charge in [-0.15, -0.1) is 0 Å². The lowest BCUT2D eigenvalue weighted by atomic mass is 10.0. The van der Waals surface area contributed by atoms with Crippen LogP contribution in [-0.2, 0) is 4.74 Å². The van der Waals surface area contributed by atoms with E-state index in [2.05, 4.69) is 11.0 Å². The minimum Gasteiger partial charge on any atom is -0.388 e. The predicted molar refractivity (Wildman–Crippen MR) is 69.3 cm³/mol. The molecule has 3 nitrogen and oxygen atoms in total. The molecule has 1 aromatic rings. The maximum atomic E-state index is 10.0. The Hall–Kier alpha value is -1.06. The number of ether oxygens (including phenoxy) is 1. The third-order valence-electron chi connectivity index (χ3n) is 3.50. The maximum Gasteiger partial charge on any atom is 0.0807 e. The molecule has 1 N–H and O–H groups in total. The lowest BCUT2D eigenvalue weighted by Crippen LogP contribution is -2.23. The molecule has 1 aliphatic rings. The predicted octanol–water partition coefficient (Wildman–Crippen LogP) is 2.36. The Balaban J connectivity index is 2.20. The van der Waals surface area contributed by atoms with Gasteiger partial charge in [-0.2, -0.15) is 0 Å². The zero-order chi connectivity index (χ0) is 12.3. The van der Waals surface area contributed by atoms with E-state index in [1.807, 2.05) is 25.1 Å². The molecule has 3 heteroatoms. The van der Waals surface area contributed by atoms with Gasteiger partial charge in [0.25, 0.3) is 0 Å². The first kappa shape index (κ1) is 12.4. The van der Waals surface area contributed by atoms with Gasteiger partial charge in [0.05, 0.1) is 12.2 Å². The fraction of sp³-hybridized carbons (Fsp3) is 0.571. The Kier molecular flexibility index (Phi) is 4.02. The number of methoxy groups -OCH3 is 1. The van der Waals surface area contributed by atoms with Gasteiger partial charge in [-0.3, -0.25) is 0 Å². The molecule has 1 saturated heterocycles. The number of anilines is 1. The SMILES string of the molecule is CC[C@@H](O)c1ccccc1N1CCC(OC)C1. The molecule has 0 radical (unpaired) electrons. The lowest BCUT2D eigenvalue weighted by molar-refractivity contribution is 0.121. The summed E-state index contributed by atoms with van der Waals surface area (Å²) >= 11 is 0. The van der Waals surface area contributed by atoms with Crippen LogP contribution in [0.3, 0.4) is 0 Å². The molecule has 1 fully saturated rings. The van der Waals surface area contributed by atoms with E-state index in [4.69, 9.17) is 4.74 Å². The summed E-state index contributed by atoms with van der Waals surface area (Å²) in [5.74, 6) is 0. The first-order valence-electron chi connectivity index (χ1n) is 6.31. The molecule has 2 atom stereocenters. The van der Waals surface area contributed by atoms with Crippen LogP contribution in [-0.4, -0.2) is 31.4 Å². The van der Waals surface area contributed by atoms with Gasteiger partial charge in [0.15, 0.2) is 0 Å². The number of aliphatic hydroxyl groups is 1. The molecule has 94 valence electrons. The number of nitrogens with zero attached hydrogens (tertiary/aromatic N) is 1. The molecule has 1 heterocycles. The van der Waals surface area contributed by atoms with Crippen LogP contribution in [0.1, 0.15) is 31.4 Å². The fourth-order valence-corrected chi connectivity index (χ4v) is 2.42. The molecular formula is C14H21NO2. The van der Waals surface area contributed by atoms with E-state index in [0.29, 0.717) is 6.10 Å². The molecule has 1 unspecified atom stereocenters. The average Bonchev–Trinajstić information content (AvgIpc) is 2.86. The van der Waals surface area contributed by atoms with Gasteiger partial charge in [-0.25, -0.2) is 0 Å². The molecule has 2 rings (SSSR count). The first-order chi connectivity index (χ1) is 8.26. The molecule has 1 aromatic carbocycles. The van der Waals surface area contributed by atoms with Crippen LogP contribution in [0, 0.1) is 0 Å². The Morgan fingerprint density at radius 3 is 2.88 bits per heavy atom. The highest BCUT2D eigenvalue weighted by molar-refractivity contribution is 5.55. The summed E-state index contributed by atoms with van der Waals surface area (Å²) in [5.41, 5.74) is 2.19. The van der Waals surface area contributed by atoms with Gasteiger partial charge >= 0.3 is 0 Å². The van der Waals surface area contributed by atoms with Crippen LogP contribution in [0.2, 0.25) is 0 Å². The number of aliphatic hydroxyl groups excluding tert-OH is 1. The second-order valence-corrected chi connectivity index (χ2v) is 4.58. The highest BCUT2D eigenvalue weighted by Crippen LogP contribution is 2.30. The van der Waals surface area contributed by atoms with E-state index >= 15 is 0 Å². The van der Waals surface area contributed by atoms with Crippen LogP contribution in [0.15, 0.2) is 24.3 Å². The Bertz CT molecular complexity index is 367. The smallest absolute Gasteiger partial charge is 0.0807 e. The highest BCUT2D eigenvalue weighted by atomic mass is 16.5. The van der Waals surface area contributed by atoms with Gasteiger partial charge in [0, 0.05) is 31.5 Å².